The van der Waals surface area contributed by atoms with Gasteiger partial charge in [0.1, 0.15) is 0 Å². The number of pyridine rings is 1. The summed E-state index contributed by atoms with van der Waals surface area (Å²) in [4.78, 5) is 4.67. The first-order valence-corrected chi connectivity index (χ1v) is 12.4. The first-order chi connectivity index (χ1) is 15.3. The molecule has 0 fully saturated rings. The zero-order valence-electron chi connectivity index (χ0n) is 19.6. The van der Waals surface area contributed by atoms with E-state index in [1.165, 1.54) is 79.2 Å². The Morgan fingerprint density at radius 2 is 1.00 bits per heavy atom. The molecule has 0 aliphatic rings. The highest BCUT2D eigenvalue weighted by Gasteiger charge is 2.02. The molecule has 0 unspecified atom stereocenters. The monoisotopic (exact) mass is 413 g/mol. The van der Waals surface area contributed by atoms with Gasteiger partial charge in [0.05, 0.1) is 5.69 Å². The van der Waals surface area contributed by atoms with Crippen LogP contribution in [0.15, 0.2) is 66.9 Å². The average molecular weight is 414 g/mol. The van der Waals surface area contributed by atoms with Crippen LogP contribution in [-0.4, -0.2) is 4.98 Å². The summed E-state index contributed by atoms with van der Waals surface area (Å²) < 4.78 is 0. The van der Waals surface area contributed by atoms with Gasteiger partial charge in [-0.3, -0.25) is 4.98 Å². The second kappa shape index (κ2) is 13.1. The highest BCUT2D eigenvalue weighted by molar-refractivity contribution is 5.59. The Balaban J connectivity index is 1.45. The van der Waals surface area contributed by atoms with Crippen LogP contribution in [-0.2, 0) is 25.7 Å². The summed E-state index contributed by atoms with van der Waals surface area (Å²) in [6, 6.07) is 22.6. The van der Waals surface area contributed by atoms with E-state index in [-0.39, 0.29) is 0 Å². The summed E-state index contributed by atoms with van der Waals surface area (Å²) >= 11 is 0. The number of aryl methyl sites for hydroxylation is 4. The molecule has 0 bridgehead atoms. The van der Waals surface area contributed by atoms with Crippen LogP contribution < -0.4 is 0 Å². The third-order valence-electron chi connectivity index (χ3n) is 6.19. The summed E-state index contributed by atoms with van der Waals surface area (Å²) in [5, 5.41) is 0. The number of hydrogen-bond donors (Lipinski definition) is 0. The van der Waals surface area contributed by atoms with E-state index in [9.17, 15) is 0 Å². The number of rotatable bonds is 13. The quantitative estimate of drug-likeness (QED) is 0.256. The van der Waals surface area contributed by atoms with Gasteiger partial charge in [0.15, 0.2) is 0 Å². The van der Waals surface area contributed by atoms with E-state index in [1.807, 2.05) is 6.20 Å². The van der Waals surface area contributed by atoms with Gasteiger partial charge in [-0.1, -0.05) is 101 Å². The van der Waals surface area contributed by atoms with E-state index < -0.39 is 0 Å². The lowest BCUT2D eigenvalue weighted by molar-refractivity contribution is 0.632. The van der Waals surface area contributed by atoms with Crippen molar-refractivity contribution in [1.82, 2.24) is 4.98 Å². The predicted octanol–water partition coefficient (Wildman–Crippen LogP) is 8.39. The van der Waals surface area contributed by atoms with Crippen molar-refractivity contribution in [3.8, 4) is 11.3 Å². The maximum absolute atomic E-state index is 4.67. The van der Waals surface area contributed by atoms with E-state index in [2.05, 4.69) is 79.5 Å². The van der Waals surface area contributed by atoms with Gasteiger partial charge in [-0.05, 0) is 66.8 Å². The van der Waals surface area contributed by atoms with Crippen molar-refractivity contribution in [2.45, 2.75) is 84.5 Å². The van der Waals surface area contributed by atoms with Crippen molar-refractivity contribution in [2.75, 3.05) is 0 Å². The second-order valence-electron chi connectivity index (χ2n) is 8.83. The molecule has 0 aliphatic heterocycles. The van der Waals surface area contributed by atoms with Crippen LogP contribution in [0.3, 0.4) is 0 Å². The first-order valence-electron chi connectivity index (χ1n) is 12.4. The number of unbranched alkanes of at least 4 members (excludes halogenated alkanes) is 5. The predicted molar refractivity (Wildman–Crippen MR) is 135 cm³/mol. The van der Waals surface area contributed by atoms with Crippen molar-refractivity contribution in [2.24, 2.45) is 0 Å². The van der Waals surface area contributed by atoms with Crippen LogP contribution in [0.1, 0.15) is 81.0 Å². The Morgan fingerprint density at radius 1 is 0.484 bits per heavy atom. The molecular formula is C30H39N. The Bertz CT molecular complexity index is 860. The van der Waals surface area contributed by atoms with Crippen LogP contribution >= 0.6 is 0 Å². The molecule has 1 heteroatoms. The molecule has 2 aromatic carbocycles. The molecule has 1 nitrogen and oxygen atoms in total. The van der Waals surface area contributed by atoms with Gasteiger partial charge in [0, 0.05) is 11.8 Å². The van der Waals surface area contributed by atoms with E-state index in [0.717, 1.165) is 25.0 Å². The van der Waals surface area contributed by atoms with Crippen molar-refractivity contribution >= 4 is 0 Å². The van der Waals surface area contributed by atoms with Gasteiger partial charge < -0.3 is 0 Å². The van der Waals surface area contributed by atoms with Crippen LogP contribution in [0.25, 0.3) is 11.3 Å². The Hall–Kier alpha value is -2.41. The lowest BCUT2D eigenvalue weighted by atomic mass is 10.00. The van der Waals surface area contributed by atoms with Crippen LogP contribution in [0.2, 0.25) is 0 Å². The molecule has 1 heterocycles. The third-order valence-corrected chi connectivity index (χ3v) is 6.19. The minimum absolute atomic E-state index is 1.07. The van der Waals surface area contributed by atoms with E-state index in [4.69, 9.17) is 0 Å². The molecule has 0 atom stereocenters. The van der Waals surface area contributed by atoms with Gasteiger partial charge >= 0.3 is 0 Å². The standard InChI is InChI=1S/C30H39N/c1-3-5-7-8-9-11-25-12-14-26(15-13-25)16-17-27-18-21-29(22-19-27)30-23-20-28(24-31-30)10-6-4-2/h12-15,18-24H,3-11,16-17H2,1-2H3. The largest absolute Gasteiger partial charge is 0.256 e. The molecule has 3 rings (SSSR count). The van der Waals surface area contributed by atoms with Crippen molar-refractivity contribution in [3.05, 3.63) is 89.1 Å². The first kappa shape index (κ1) is 23.3. The van der Waals surface area contributed by atoms with Crippen LogP contribution in [0, 0.1) is 0 Å². The average Bonchev–Trinajstić information content (AvgIpc) is 2.83. The van der Waals surface area contributed by atoms with Crippen LogP contribution in [0.4, 0.5) is 0 Å². The zero-order chi connectivity index (χ0) is 21.7. The second-order valence-corrected chi connectivity index (χ2v) is 8.83. The summed E-state index contributed by atoms with van der Waals surface area (Å²) in [6.07, 6.45) is 15.8. The normalized spacial score (nSPS) is 11.0. The zero-order valence-corrected chi connectivity index (χ0v) is 19.6. The Kier molecular flexibility index (Phi) is 9.83. The molecule has 0 spiro atoms. The van der Waals surface area contributed by atoms with Gasteiger partial charge in [-0.15, -0.1) is 0 Å². The SMILES string of the molecule is CCCCCCCc1ccc(CCc2ccc(-c3ccc(CCCC)cn3)cc2)cc1. The molecule has 0 saturated carbocycles. The maximum Gasteiger partial charge on any atom is 0.0702 e. The molecule has 164 valence electrons. The number of nitrogens with zero attached hydrogens (tertiary/aromatic N) is 1. The van der Waals surface area contributed by atoms with Gasteiger partial charge in [0.25, 0.3) is 0 Å². The molecule has 0 N–H and O–H groups in total. The Labute approximate surface area is 190 Å². The third kappa shape index (κ3) is 7.98. The number of benzene rings is 2. The molecule has 31 heavy (non-hydrogen) atoms. The van der Waals surface area contributed by atoms with Crippen molar-refractivity contribution in [3.63, 3.8) is 0 Å². The summed E-state index contributed by atoms with van der Waals surface area (Å²) in [6.45, 7) is 4.51. The maximum atomic E-state index is 4.67. The minimum Gasteiger partial charge on any atom is -0.256 e. The summed E-state index contributed by atoms with van der Waals surface area (Å²) in [5.74, 6) is 0. The van der Waals surface area contributed by atoms with Crippen molar-refractivity contribution < 1.29 is 0 Å². The lowest BCUT2D eigenvalue weighted by Gasteiger charge is -2.07. The molecule has 0 aliphatic carbocycles. The molecule has 0 saturated heterocycles. The smallest absolute Gasteiger partial charge is 0.0702 e. The number of hydrogen-bond acceptors (Lipinski definition) is 1. The van der Waals surface area contributed by atoms with E-state index in [1.54, 1.807) is 0 Å². The Morgan fingerprint density at radius 3 is 1.58 bits per heavy atom. The van der Waals surface area contributed by atoms with Gasteiger partial charge in [-0.2, -0.15) is 0 Å². The fourth-order valence-electron chi connectivity index (χ4n) is 4.06. The fraction of sp³-hybridized carbons (Fsp3) is 0.433. The highest BCUT2D eigenvalue weighted by atomic mass is 14.7. The lowest BCUT2D eigenvalue weighted by Crippen LogP contribution is -1.93. The number of aromatic nitrogens is 1. The summed E-state index contributed by atoms with van der Waals surface area (Å²) in [5.41, 5.74) is 7.92. The van der Waals surface area contributed by atoms with Gasteiger partial charge in [0.2, 0.25) is 0 Å². The van der Waals surface area contributed by atoms with Gasteiger partial charge in [-0.25, -0.2) is 0 Å². The van der Waals surface area contributed by atoms with Crippen LogP contribution in [0.5, 0.6) is 0 Å². The van der Waals surface area contributed by atoms with E-state index >= 15 is 0 Å². The van der Waals surface area contributed by atoms with Crippen molar-refractivity contribution in [1.29, 1.82) is 0 Å². The molecule has 3 aromatic rings. The summed E-state index contributed by atoms with van der Waals surface area (Å²) in [7, 11) is 0. The topological polar surface area (TPSA) is 12.9 Å². The highest BCUT2D eigenvalue weighted by Crippen LogP contribution is 2.19. The molecular weight excluding hydrogens is 374 g/mol. The molecule has 0 radical (unpaired) electrons. The van der Waals surface area contributed by atoms with E-state index in [0.29, 0.717) is 0 Å². The fourth-order valence-corrected chi connectivity index (χ4v) is 4.06. The molecule has 0 amide bonds. The minimum atomic E-state index is 1.07. The molecule has 1 aromatic heterocycles.